The predicted molar refractivity (Wildman–Crippen MR) is 248 cm³/mol. The Kier molecular flexibility index (Phi) is 17.7. The Hall–Kier alpha value is -7.08. The average Bonchev–Trinajstić information content (AvgIpc) is 3.27. The van der Waals surface area contributed by atoms with Crippen LogP contribution in [0.2, 0.25) is 0 Å². The molecule has 330 valence electrons. The van der Waals surface area contributed by atoms with E-state index in [1.165, 1.54) is 12.2 Å². The van der Waals surface area contributed by atoms with Gasteiger partial charge in [-0.3, -0.25) is 0 Å². The van der Waals surface area contributed by atoms with Crippen LogP contribution in [0.3, 0.4) is 0 Å². The zero-order valence-electron chi connectivity index (χ0n) is 35.6. The van der Waals surface area contributed by atoms with E-state index in [9.17, 15) is 19.2 Å². The van der Waals surface area contributed by atoms with E-state index in [0.717, 1.165) is 80.0 Å². The van der Waals surface area contributed by atoms with Crippen LogP contribution in [0, 0.1) is 11.8 Å². The summed E-state index contributed by atoms with van der Waals surface area (Å²) in [7, 11) is 0. The zero-order valence-corrected chi connectivity index (χ0v) is 35.6. The first-order valence-electron chi connectivity index (χ1n) is 21.2. The Labute approximate surface area is 369 Å². The van der Waals surface area contributed by atoms with E-state index in [4.69, 9.17) is 41.9 Å². The van der Waals surface area contributed by atoms with Gasteiger partial charge in [0.1, 0.15) is 25.4 Å². The summed E-state index contributed by atoms with van der Waals surface area (Å²) in [6, 6.07) is 23.9. The molecule has 0 atom stereocenters. The van der Waals surface area contributed by atoms with Gasteiger partial charge in [-0.2, -0.15) is 0 Å². The highest BCUT2D eigenvalue weighted by Crippen LogP contribution is 2.30. The van der Waals surface area contributed by atoms with Gasteiger partial charge in [0, 0.05) is 34.9 Å². The van der Waals surface area contributed by atoms with Gasteiger partial charge in [-0.15, -0.1) is 13.2 Å². The molecule has 0 radical (unpaired) electrons. The third-order valence-electron chi connectivity index (χ3n) is 10.8. The second-order valence-corrected chi connectivity index (χ2v) is 15.9. The molecule has 0 aromatic heterocycles. The monoisotopic (exact) mass is 854 g/mol. The fraction of sp³-hybridized carbons (Fsp3) is 0.294. The molecular formula is C51H58N4O8. The molecule has 0 saturated heterocycles. The lowest BCUT2D eigenvalue weighted by atomic mass is 9.85. The second-order valence-electron chi connectivity index (χ2n) is 15.9. The summed E-state index contributed by atoms with van der Waals surface area (Å²) < 4.78 is 21.7. The number of allylic oxidation sites excluding steroid dienone is 2. The van der Waals surface area contributed by atoms with Gasteiger partial charge in [0.15, 0.2) is 0 Å². The molecule has 0 amide bonds. The van der Waals surface area contributed by atoms with E-state index in [1.54, 1.807) is 97.1 Å². The fourth-order valence-corrected chi connectivity index (χ4v) is 7.45. The molecule has 4 aromatic rings. The maximum Gasteiger partial charge on any atom is 0.338 e. The molecule has 2 fully saturated rings. The number of carbonyl (C=O) groups excluding carboxylic acids is 4. The van der Waals surface area contributed by atoms with Crippen molar-refractivity contribution in [1.29, 1.82) is 0 Å². The van der Waals surface area contributed by atoms with Gasteiger partial charge in [-0.1, -0.05) is 36.4 Å². The molecule has 12 nitrogen and oxygen atoms in total. The van der Waals surface area contributed by atoms with Crippen LogP contribution >= 0.6 is 0 Å². The number of hydrogen-bond donors (Lipinski definition) is 4. The Balaban J connectivity index is 0.000000238. The molecule has 63 heavy (non-hydrogen) atoms. The summed E-state index contributed by atoms with van der Waals surface area (Å²) in [5, 5.41) is 0. The predicted octanol–water partition coefficient (Wildman–Crippen LogP) is 9.41. The van der Waals surface area contributed by atoms with Crippen LogP contribution in [0.5, 0.6) is 0 Å². The number of nitrogens with two attached hydrogens (primary N) is 4. The second kappa shape index (κ2) is 23.8. The van der Waals surface area contributed by atoms with Gasteiger partial charge >= 0.3 is 23.9 Å². The third-order valence-corrected chi connectivity index (χ3v) is 10.8. The highest BCUT2D eigenvalue weighted by atomic mass is 16.6. The molecule has 6 rings (SSSR count). The number of anilines is 4. The minimum absolute atomic E-state index is 0.0202. The van der Waals surface area contributed by atoms with Gasteiger partial charge in [-0.05, 0) is 165 Å². The molecule has 0 unspecified atom stereocenters. The highest BCUT2D eigenvalue weighted by Gasteiger charge is 2.24. The number of carbonyl (C=O) groups is 4. The van der Waals surface area contributed by atoms with Crippen LogP contribution in [0.4, 0.5) is 22.7 Å². The minimum atomic E-state index is -0.486. The van der Waals surface area contributed by atoms with Crippen molar-refractivity contribution in [3.05, 3.63) is 156 Å². The van der Waals surface area contributed by atoms with Crippen molar-refractivity contribution in [3.63, 3.8) is 0 Å². The molecule has 8 N–H and O–H groups in total. The first kappa shape index (κ1) is 47.0. The van der Waals surface area contributed by atoms with Crippen LogP contribution in [0.1, 0.15) is 101 Å². The van der Waals surface area contributed by atoms with Crippen molar-refractivity contribution in [1.82, 2.24) is 0 Å². The Morgan fingerprint density at radius 2 is 0.921 bits per heavy atom. The molecule has 2 saturated carbocycles. The van der Waals surface area contributed by atoms with Gasteiger partial charge in [0.25, 0.3) is 0 Å². The van der Waals surface area contributed by atoms with Gasteiger partial charge in [-0.25, -0.2) is 19.2 Å². The molecule has 2 aliphatic carbocycles. The van der Waals surface area contributed by atoms with E-state index in [1.807, 2.05) is 12.2 Å². The Morgan fingerprint density at radius 3 is 1.29 bits per heavy atom. The minimum Gasteiger partial charge on any atom is -0.459 e. The standard InChI is InChI=1S/C26H30N2O4.C25H28N2O4/c1-2-3-18-6-11-24(12-7-18)32-26(30)21-9-4-19(5-10-21)8-13-25(29)31-17-20-14-22(27)16-23(28)15-20;1-2-17-5-10-23(11-6-17)31-25(29)20-8-3-18(4-9-20)7-12-24(28)30-16-19-13-21(26)15-22(27)14-19/h2,4-5,8-10,13-16,18,24H,1,3,6-7,11-12,17,27-28H2;2-4,7-9,12-15,17,23H,1,5-6,10-11,16,26-27H2/b13-8+;12-7+. The van der Waals surface area contributed by atoms with E-state index >= 15 is 0 Å². The van der Waals surface area contributed by atoms with Crippen molar-refractivity contribution >= 4 is 58.8 Å². The normalized spacial score (nSPS) is 18.3. The van der Waals surface area contributed by atoms with Crippen molar-refractivity contribution in [2.24, 2.45) is 11.8 Å². The lowest BCUT2D eigenvalue weighted by Crippen LogP contribution is -2.24. The van der Waals surface area contributed by atoms with E-state index in [-0.39, 0.29) is 37.4 Å². The molecule has 12 heteroatoms. The number of esters is 4. The summed E-state index contributed by atoms with van der Waals surface area (Å²) in [5.41, 5.74) is 29.0. The van der Waals surface area contributed by atoms with Crippen LogP contribution in [-0.2, 0) is 41.8 Å². The smallest absolute Gasteiger partial charge is 0.338 e. The molecule has 0 bridgehead atoms. The largest absolute Gasteiger partial charge is 0.459 e. The SMILES string of the molecule is C=CC1CCC(OC(=O)c2ccc(/C=C/C(=O)OCc3cc(N)cc(N)c3)cc2)CC1.C=CCC1CCC(OC(=O)c2ccc(/C=C/C(=O)OCc3cc(N)cc(N)c3)cc2)CC1. The summed E-state index contributed by atoms with van der Waals surface area (Å²) in [4.78, 5) is 48.7. The first-order chi connectivity index (χ1) is 30.3. The number of ether oxygens (including phenoxy) is 4. The van der Waals surface area contributed by atoms with Crippen molar-refractivity contribution < 1.29 is 38.1 Å². The third kappa shape index (κ3) is 16.0. The number of rotatable bonds is 15. The summed E-state index contributed by atoms with van der Waals surface area (Å²) in [6.45, 7) is 7.79. The highest BCUT2D eigenvalue weighted by molar-refractivity contribution is 5.91. The number of hydrogen-bond acceptors (Lipinski definition) is 12. The van der Waals surface area contributed by atoms with Gasteiger partial charge in [0.2, 0.25) is 0 Å². The Bertz CT molecular complexity index is 2210. The van der Waals surface area contributed by atoms with Gasteiger partial charge < -0.3 is 41.9 Å². The summed E-state index contributed by atoms with van der Waals surface area (Å²) in [6.07, 6.45) is 18.5. The van der Waals surface area contributed by atoms with Crippen molar-refractivity contribution in [3.8, 4) is 0 Å². The molecule has 0 aliphatic heterocycles. The molecular weight excluding hydrogens is 797 g/mol. The lowest BCUT2D eigenvalue weighted by Gasteiger charge is -2.27. The van der Waals surface area contributed by atoms with E-state index in [0.29, 0.717) is 45.7 Å². The van der Waals surface area contributed by atoms with Gasteiger partial charge in [0.05, 0.1) is 11.1 Å². The molecule has 2 aliphatic rings. The lowest BCUT2D eigenvalue weighted by molar-refractivity contribution is -0.139. The maximum atomic E-state index is 12.4. The van der Waals surface area contributed by atoms with E-state index < -0.39 is 11.9 Å². The van der Waals surface area contributed by atoms with Crippen LogP contribution in [-0.4, -0.2) is 36.1 Å². The van der Waals surface area contributed by atoms with Crippen molar-refractivity contribution in [2.45, 2.75) is 83.2 Å². The van der Waals surface area contributed by atoms with Crippen LogP contribution < -0.4 is 22.9 Å². The molecule has 0 heterocycles. The fourth-order valence-electron chi connectivity index (χ4n) is 7.45. The van der Waals surface area contributed by atoms with Crippen molar-refractivity contribution in [2.75, 3.05) is 22.9 Å². The Morgan fingerprint density at radius 1 is 0.540 bits per heavy atom. The molecule has 0 spiro atoms. The van der Waals surface area contributed by atoms with E-state index in [2.05, 4.69) is 13.2 Å². The van der Waals surface area contributed by atoms with Crippen LogP contribution in [0.15, 0.2) is 122 Å². The zero-order chi connectivity index (χ0) is 45.1. The molecule has 4 aromatic carbocycles. The number of nitrogen functional groups attached to an aromatic ring is 4. The topological polar surface area (TPSA) is 209 Å². The summed E-state index contributed by atoms with van der Waals surface area (Å²) in [5.74, 6) is -0.422. The average molecular weight is 855 g/mol. The quantitative estimate of drug-likeness (QED) is 0.0290. The summed E-state index contributed by atoms with van der Waals surface area (Å²) >= 11 is 0. The first-order valence-corrected chi connectivity index (χ1v) is 21.2. The van der Waals surface area contributed by atoms with Crippen LogP contribution in [0.25, 0.3) is 12.2 Å². The number of benzene rings is 4. The maximum absolute atomic E-state index is 12.4.